The number of anilines is 2. The minimum Gasteiger partial charge on any atom is -0.363 e. The number of carbonyl (C=O) groups is 1. The number of aryl methyl sites for hydroxylation is 1. The molecule has 0 radical (unpaired) electrons. The summed E-state index contributed by atoms with van der Waals surface area (Å²) in [4.78, 5) is 12.6. The Labute approximate surface area is 184 Å². The zero-order chi connectivity index (χ0) is 24.0. The van der Waals surface area contributed by atoms with Crippen molar-refractivity contribution in [3.8, 4) is 0 Å². The first-order chi connectivity index (χ1) is 15.4. The summed E-state index contributed by atoms with van der Waals surface area (Å²) in [7, 11) is 0. The van der Waals surface area contributed by atoms with E-state index in [2.05, 4.69) is 15.7 Å². The molecule has 2 N–H and O–H groups in total. The van der Waals surface area contributed by atoms with Crippen LogP contribution in [0.3, 0.4) is 0 Å². The van der Waals surface area contributed by atoms with Crippen molar-refractivity contribution in [1.29, 1.82) is 0 Å². The summed E-state index contributed by atoms with van der Waals surface area (Å²) in [5.41, 5.74) is -0.447. The minimum atomic E-state index is -4.72. The van der Waals surface area contributed by atoms with Crippen molar-refractivity contribution in [3.63, 3.8) is 0 Å². The van der Waals surface area contributed by atoms with Crippen LogP contribution in [0, 0.1) is 6.92 Å². The van der Waals surface area contributed by atoms with E-state index in [-0.39, 0.29) is 12.2 Å². The van der Waals surface area contributed by atoms with Crippen molar-refractivity contribution in [1.82, 2.24) is 9.78 Å². The SMILES string of the molecule is Cc1ccc([C@H]2C[C@@H](C(F)(F)F)n3nc(C(=O)Nc4ccccc4C(F)(F)F)cc3N2)cc1. The van der Waals surface area contributed by atoms with Gasteiger partial charge < -0.3 is 10.6 Å². The summed E-state index contributed by atoms with van der Waals surface area (Å²) in [5.74, 6) is -1.10. The van der Waals surface area contributed by atoms with Gasteiger partial charge in [-0.2, -0.15) is 31.4 Å². The molecule has 1 aliphatic heterocycles. The lowest BCUT2D eigenvalue weighted by Crippen LogP contribution is -2.35. The summed E-state index contributed by atoms with van der Waals surface area (Å²) in [5, 5.41) is 8.82. The molecular weight excluding hydrogens is 450 g/mol. The highest BCUT2D eigenvalue weighted by Gasteiger charge is 2.47. The molecule has 0 unspecified atom stereocenters. The van der Waals surface area contributed by atoms with Gasteiger partial charge in [-0.25, -0.2) is 4.68 Å². The fraction of sp³-hybridized carbons (Fsp3) is 0.273. The van der Waals surface area contributed by atoms with E-state index in [0.29, 0.717) is 10.2 Å². The molecule has 1 aliphatic rings. The molecule has 0 saturated carbocycles. The van der Waals surface area contributed by atoms with Crippen LogP contribution in [0.15, 0.2) is 54.6 Å². The molecular formula is C22H18F6N4O. The lowest BCUT2D eigenvalue weighted by atomic mass is 9.96. The number of rotatable bonds is 3. The Morgan fingerprint density at radius 3 is 2.36 bits per heavy atom. The third kappa shape index (κ3) is 4.67. The van der Waals surface area contributed by atoms with Crippen LogP contribution in [-0.2, 0) is 6.18 Å². The van der Waals surface area contributed by atoms with Crippen LogP contribution in [0.5, 0.6) is 0 Å². The number of halogens is 6. The van der Waals surface area contributed by atoms with Crippen LogP contribution in [0.2, 0.25) is 0 Å². The smallest absolute Gasteiger partial charge is 0.363 e. The molecule has 33 heavy (non-hydrogen) atoms. The van der Waals surface area contributed by atoms with E-state index in [4.69, 9.17) is 0 Å². The molecule has 0 bridgehead atoms. The summed E-state index contributed by atoms with van der Waals surface area (Å²) in [6, 6.07) is 9.71. The van der Waals surface area contributed by atoms with E-state index in [9.17, 15) is 31.1 Å². The van der Waals surface area contributed by atoms with Gasteiger partial charge in [-0.3, -0.25) is 4.79 Å². The van der Waals surface area contributed by atoms with Crippen LogP contribution < -0.4 is 10.6 Å². The van der Waals surface area contributed by atoms with Gasteiger partial charge >= 0.3 is 12.4 Å². The average molecular weight is 468 g/mol. The van der Waals surface area contributed by atoms with Crippen LogP contribution >= 0.6 is 0 Å². The number of carbonyl (C=O) groups excluding carboxylic acids is 1. The van der Waals surface area contributed by atoms with E-state index in [1.54, 1.807) is 24.3 Å². The zero-order valence-electron chi connectivity index (χ0n) is 17.1. The first-order valence-corrected chi connectivity index (χ1v) is 9.90. The fourth-order valence-electron chi connectivity index (χ4n) is 3.73. The van der Waals surface area contributed by atoms with Crippen LogP contribution in [0.25, 0.3) is 0 Å². The second-order valence-corrected chi connectivity index (χ2v) is 7.76. The fourth-order valence-corrected chi connectivity index (χ4v) is 3.73. The molecule has 2 atom stereocenters. The third-order valence-electron chi connectivity index (χ3n) is 5.38. The second-order valence-electron chi connectivity index (χ2n) is 7.76. The number of hydrogen-bond acceptors (Lipinski definition) is 3. The zero-order valence-corrected chi connectivity index (χ0v) is 17.1. The van der Waals surface area contributed by atoms with Crippen molar-refractivity contribution < 1.29 is 31.1 Å². The van der Waals surface area contributed by atoms with Gasteiger partial charge in [-0.15, -0.1) is 0 Å². The summed E-state index contributed by atoms with van der Waals surface area (Å²) in [6.45, 7) is 1.85. The van der Waals surface area contributed by atoms with Crippen molar-refractivity contribution in [2.45, 2.75) is 37.8 Å². The Hall–Kier alpha value is -3.50. The van der Waals surface area contributed by atoms with Crippen molar-refractivity contribution >= 4 is 17.4 Å². The number of para-hydroxylation sites is 1. The maximum Gasteiger partial charge on any atom is 0.418 e. The molecule has 11 heteroatoms. The number of nitrogens with one attached hydrogen (secondary N) is 2. The van der Waals surface area contributed by atoms with E-state index < -0.39 is 47.3 Å². The third-order valence-corrected chi connectivity index (χ3v) is 5.38. The van der Waals surface area contributed by atoms with Gasteiger partial charge in [0.25, 0.3) is 5.91 Å². The van der Waals surface area contributed by atoms with Gasteiger partial charge in [-0.05, 0) is 24.6 Å². The molecule has 4 rings (SSSR count). The molecule has 5 nitrogen and oxygen atoms in total. The Bertz CT molecular complexity index is 1170. The number of aromatic nitrogens is 2. The molecule has 0 aliphatic carbocycles. The number of fused-ring (bicyclic) bond motifs is 1. The van der Waals surface area contributed by atoms with Crippen LogP contribution in [-0.4, -0.2) is 21.9 Å². The van der Waals surface area contributed by atoms with E-state index >= 15 is 0 Å². The predicted molar refractivity (Wildman–Crippen MR) is 109 cm³/mol. The topological polar surface area (TPSA) is 59.0 Å². The molecule has 2 aromatic carbocycles. The quantitative estimate of drug-likeness (QED) is 0.455. The predicted octanol–water partition coefficient (Wildman–Crippen LogP) is 6.12. The standard InChI is InChI=1S/C22H18F6N4O/c1-12-6-8-13(9-7-12)16-10-18(22(26,27)28)32-19(29-16)11-17(31-32)20(33)30-15-5-3-2-4-14(15)21(23,24)25/h2-9,11,16,18,29H,10H2,1H3,(H,30,33)/t16-,18+/m1/s1. The van der Waals surface area contributed by atoms with E-state index in [1.165, 1.54) is 6.07 Å². The lowest BCUT2D eigenvalue weighted by Gasteiger charge is -2.33. The molecule has 1 amide bonds. The summed E-state index contributed by atoms with van der Waals surface area (Å²) < 4.78 is 81.6. The number of hydrogen-bond donors (Lipinski definition) is 2. The van der Waals surface area contributed by atoms with Gasteiger partial charge in [0.15, 0.2) is 11.7 Å². The number of benzene rings is 2. The van der Waals surface area contributed by atoms with Gasteiger partial charge in [0.05, 0.1) is 17.3 Å². The monoisotopic (exact) mass is 468 g/mol. The highest BCUT2D eigenvalue weighted by atomic mass is 19.4. The van der Waals surface area contributed by atoms with Gasteiger partial charge in [-0.1, -0.05) is 42.0 Å². The molecule has 0 spiro atoms. The van der Waals surface area contributed by atoms with Crippen LogP contribution in [0.1, 0.15) is 45.7 Å². The number of amides is 1. The molecule has 0 fully saturated rings. The van der Waals surface area contributed by atoms with Crippen molar-refractivity contribution in [2.24, 2.45) is 0 Å². The maximum absolute atomic E-state index is 13.8. The van der Waals surface area contributed by atoms with Gasteiger partial charge in [0.1, 0.15) is 5.82 Å². The minimum absolute atomic E-state index is 0.0524. The maximum atomic E-state index is 13.8. The normalized spacial score (nSPS) is 18.4. The van der Waals surface area contributed by atoms with Gasteiger partial charge in [0, 0.05) is 12.5 Å². The summed E-state index contributed by atoms with van der Waals surface area (Å²) >= 11 is 0. The van der Waals surface area contributed by atoms with Gasteiger partial charge in [0.2, 0.25) is 0 Å². The highest BCUT2D eigenvalue weighted by Crippen LogP contribution is 2.43. The largest absolute Gasteiger partial charge is 0.418 e. The molecule has 174 valence electrons. The van der Waals surface area contributed by atoms with Crippen molar-refractivity contribution in [2.75, 3.05) is 10.6 Å². The average Bonchev–Trinajstić information content (AvgIpc) is 3.17. The number of nitrogens with zero attached hydrogens (tertiary/aromatic N) is 2. The van der Waals surface area contributed by atoms with Crippen molar-refractivity contribution in [3.05, 3.63) is 77.0 Å². The van der Waals surface area contributed by atoms with Crippen LogP contribution in [0.4, 0.5) is 37.8 Å². The Kier molecular flexibility index (Phi) is 5.59. The van der Waals surface area contributed by atoms with E-state index in [0.717, 1.165) is 29.8 Å². The molecule has 2 heterocycles. The second kappa shape index (κ2) is 8.13. The number of alkyl halides is 6. The first kappa shape index (κ1) is 22.7. The molecule has 1 aromatic heterocycles. The first-order valence-electron chi connectivity index (χ1n) is 9.90. The summed E-state index contributed by atoms with van der Waals surface area (Å²) in [6.07, 6.45) is -9.73. The Morgan fingerprint density at radius 2 is 1.73 bits per heavy atom. The molecule has 3 aromatic rings. The highest BCUT2D eigenvalue weighted by molar-refractivity contribution is 6.03. The lowest BCUT2D eigenvalue weighted by molar-refractivity contribution is -0.173. The van der Waals surface area contributed by atoms with E-state index in [1.807, 2.05) is 6.92 Å². The Balaban J connectivity index is 1.65. The Morgan fingerprint density at radius 1 is 1.06 bits per heavy atom. The molecule has 0 saturated heterocycles.